The predicted octanol–water partition coefficient (Wildman–Crippen LogP) is 4.46. The number of carbonyl (C=O) groups is 1. The number of hydrogen-bond donors (Lipinski definition) is 0. The van der Waals surface area contributed by atoms with Gasteiger partial charge in [-0.15, -0.1) is 0 Å². The molecule has 2 aromatic rings. The molecule has 23 heavy (non-hydrogen) atoms. The summed E-state index contributed by atoms with van der Waals surface area (Å²) in [5.74, 6) is -0.359. The third-order valence-corrected chi connectivity index (χ3v) is 4.78. The first kappa shape index (κ1) is 16.0. The molecule has 0 spiro atoms. The molecule has 3 rings (SSSR count). The molecule has 6 heteroatoms. The first-order chi connectivity index (χ1) is 11.0. The van der Waals surface area contributed by atoms with Gasteiger partial charge in [-0.3, -0.25) is 4.79 Å². The maximum atomic E-state index is 14.2. The highest BCUT2D eigenvalue weighted by molar-refractivity contribution is 6.33. The molecule has 0 radical (unpaired) electrons. The molecular formula is C17H18ClFN2O2. The summed E-state index contributed by atoms with van der Waals surface area (Å²) in [7, 11) is 1.78. The van der Waals surface area contributed by atoms with Crippen LogP contribution in [0.2, 0.25) is 5.02 Å². The number of nitrogens with zero attached hydrogens (tertiary/aromatic N) is 2. The van der Waals surface area contributed by atoms with Gasteiger partial charge in [0.2, 0.25) is 0 Å². The van der Waals surface area contributed by atoms with Gasteiger partial charge in [0.15, 0.2) is 0 Å². The number of carbonyl (C=O) groups excluding carboxylic acids is 1. The van der Waals surface area contributed by atoms with Gasteiger partial charge < -0.3 is 9.42 Å². The van der Waals surface area contributed by atoms with Crippen LogP contribution in [0.5, 0.6) is 0 Å². The lowest BCUT2D eigenvalue weighted by molar-refractivity contribution is 0.0734. The zero-order chi connectivity index (χ0) is 16.6. The van der Waals surface area contributed by atoms with Crippen LogP contribution in [0.4, 0.5) is 4.39 Å². The monoisotopic (exact) mass is 336 g/mol. The van der Waals surface area contributed by atoms with Gasteiger partial charge in [0.1, 0.15) is 22.8 Å². The fourth-order valence-electron chi connectivity index (χ4n) is 3.15. The minimum atomic E-state index is -0.525. The summed E-state index contributed by atoms with van der Waals surface area (Å²) < 4.78 is 19.4. The topological polar surface area (TPSA) is 46.3 Å². The highest BCUT2D eigenvalue weighted by atomic mass is 35.5. The summed E-state index contributed by atoms with van der Waals surface area (Å²) in [5, 5.41) is 4.10. The summed E-state index contributed by atoms with van der Waals surface area (Å²) >= 11 is 6.11. The molecular weight excluding hydrogens is 319 g/mol. The van der Waals surface area contributed by atoms with Crippen molar-refractivity contribution in [1.82, 2.24) is 10.1 Å². The van der Waals surface area contributed by atoms with E-state index in [2.05, 4.69) is 5.16 Å². The Kier molecular flexibility index (Phi) is 4.39. The van der Waals surface area contributed by atoms with Gasteiger partial charge in [-0.1, -0.05) is 35.7 Å². The van der Waals surface area contributed by atoms with Crippen LogP contribution in [0, 0.1) is 12.7 Å². The maximum Gasteiger partial charge on any atom is 0.259 e. The molecule has 1 saturated carbocycles. The third kappa shape index (κ3) is 2.85. The zero-order valence-electron chi connectivity index (χ0n) is 13.1. The molecule has 1 aliphatic carbocycles. The van der Waals surface area contributed by atoms with Crippen molar-refractivity contribution in [2.45, 2.75) is 38.6 Å². The average molecular weight is 337 g/mol. The van der Waals surface area contributed by atoms with Crippen molar-refractivity contribution in [2.75, 3.05) is 7.05 Å². The van der Waals surface area contributed by atoms with Crippen LogP contribution in [0.3, 0.4) is 0 Å². The lowest BCUT2D eigenvalue weighted by Gasteiger charge is -2.24. The Hall–Kier alpha value is -1.88. The second kappa shape index (κ2) is 6.32. The molecule has 1 aliphatic rings. The van der Waals surface area contributed by atoms with Crippen molar-refractivity contribution < 1.29 is 13.7 Å². The zero-order valence-corrected chi connectivity index (χ0v) is 13.9. The summed E-state index contributed by atoms with van der Waals surface area (Å²) in [6.45, 7) is 1.65. The molecule has 122 valence electrons. The van der Waals surface area contributed by atoms with Crippen LogP contribution in [0.25, 0.3) is 11.3 Å². The van der Waals surface area contributed by atoms with Gasteiger partial charge in [-0.25, -0.2) is 4.39 Å². The van der Waals surface area contributed by atoms with Crippen molar-refractivity contribution >= 4 is 17.5 Å². The van der Waals surface area contributed by atoms with Crippen LogP contribution in [-0.4, -0.2) is 29.1 Å². The fraction of sp³-hybridized carbons (Fsp3) is 0.412. The third-order valence-electron chi connectivity index (χ3n) is 4.47. The molecule has 4 nitrogen and oxygen atoms in total. The van der Waals surface area contributed by atoms with E-state index < -0.39 is 5.82 Å². The standard InChI is InChI=1S/C17H18ClFN2O2/c1-10-14(17(22)21(2)11-6-3-4-7-11)16(20-23-10)15-12(18)8-5-9-13(15)19/h5,8-9,11H,3-4,6-7H2,1-2H3. The smallest absolute Gasteiger partial charge is 0.259 e. The Morgan fingerprint density at radius 1 is 1.39 bits per heavy atom. The lowest BCUT2D eigenvalue weighted by atomic mass is 10.0. The highest BCUT2D eigenvalue weighted by Gasteiger charge is 2.31. The summed E-state index contributed by atoms with van der Waals surface area (Å²) in [5.41, 5.74) is 0.557. The Morgan fingerprint density at radius 3 is 2.74 bits per heavy atom. The highest BCUT2D eigenvalue weighted by Crippen LogP contribution is 2.34. The van der Waals surface area contributed by atoms with E-state index in [4.69, 9.17) is 16.1 Å². The van der Waals surface area contributed by atoms with Crippen LogP contribution in [0.1, 0.15) is 41.8 Å². The van der Waals surface area contributed by atoms with Crippen LogP contribution in [-0.2, 0) is 0 Å². The van der Waals surface area contributed by atoms with Gasteiger partial charge in [-0.05, 0) is 31.9 Å². The molecule has 0 aliphatic heterocycles. The van der Waals surface area contributed by atoms with E-state index in [1.165, 1.54) is 12.1 Å². The van der Waals surface area contributed by atoms with Gasteiger partial charge in [0.25, 0.3) is 5.91 Å². The molecule has 1 aromatic heterocycles. The average Bonchev–Trinajstić information content (AvgIpc) is 3.16. The van der Waals surface area contributed by atoms with E-state index in [-0.39, 0.29) is 33.8 Å². The number of halogens is 2. The Balaban J connectivity index is 2.04. The number of rotatable bonds is 3. The molecule has 0 saturated heterocycles. The van der Waals surface area contributed by atoms with Crippen LogP contribution >= 0.6 is 11.6 Å². The molecule has 1 fully saturated rings. The normalized spacial score (nSPS) is 15.1. The molecule has 1 heterocycles. The molecule has 0 unspecified atom stereocenters. The quantitative estimate of drug-likeness (QED) is 0.831. The summed E-state index contributed by atoms with van der Waals surface area (Å²) in [6.07, 6.45) is 4.22. The van der Waals surface area contributed by atoms with E-state index in [9.17, 15) is 9.18 Å². The second-order valence-electron chi connectivity index (χ2n) is 5.91. The van der Waals surface area contributed by atoms with Crippen LogP contribution in [0.15, 0.2) is 22.7 Å². The van der Waals surface area contributed by atoms with Crippen molar-refractivity contribution in [1.29, 1.82) is 0 Å². The fourth-order valence-corrected chi connectivity index (χ4v) is 3.40. The Labute approximate surface area is 139 Å². The molecule has 0 atom stereocenters. The van der Waals surface area contributed by atoms with Crippen molar-refractivity contribution in [3.05, 3.63) is 40.4 Å². The van der Waals surface area contributed by atoms with Gasteiger partial charge >= 0.3 is 0 Å². The number of hydrogen-bond acceptors (Lipinski definition) is 3. The van der Waals surface area contributed by atoms with E-state index in [1.54, 1.807) is 24.9 Å². The van der Waals surface area contributed by atoms with Crippen molar-refractivity contribution in [3.8, 4) is 11.3 Å². The summed E-state index contributed by atoms with van der Waals surface area (Å²) in [4.78, 5) is 14.6. The summed E-state index contributed by atoms with van der Waals surface area (Å²) in [6, 6.07) is 4.58. The lowest BCUT2D eigenvalue weighted by Crippen LogP contribution is -2.35. The number of aryl methyl sites for hydroxylation is 1. The Bertz CT molecular complexity index is 718. The minimum Gasteiger partial charge on any atom is -0.360 e. The van der Waals surface area contributed by atoms with E-state index in [1.807, 2.05) is 0 Å². The Morgan fingerprint density at radius 2 is 2.09 bits per heavy atom. The van der Waals surface area contributed by atoms with Crippen LogP contribution < -0.4 is 0 Å². The first-order valence-corrected chi connectivity index (χ1v) is 8.06. The number of amides is 1. The first-order valence-electron chi connectivity index (χ1n) is 7.68. The van der Waals surface area contributed by atoms with E-state index >= 15 is 0 Å². The van der Waals surface area contributed by atoms with Crippen molar-refractivity contribution in [3.63, 3.8) is 0 Å². The SMILES string of the molecule is Cc1onc(-c2c(F)cccc2Cl)c1C(=O)N(C)C1CCCC1. The molecule has 0 bridgehead atoms. The number of benzene rings is 1. The van der Waals surface area contributed by atoms with Crippen molar-refractivity contribution in [2.24, 2.45) is 0 Å². The minimum absolute atomic E-state index is 0.106. The largest absolute Gasteiger partial charge is 0.360 e. The second-order valence-corrected chi connectivity index (χ2v) is 6.32. The van der Waals surface area contributed by atoms with Gasteiger partial charge in [0, 0.05) is 13.1 Å². The molecule has 1 aromatic carbocycles. The van der Waals surface area contributed by atoms with Gasteiger partial charge in [-0.2, -0.15) is 0 Å². The van der Waals surface area contributed by atoms with E-state index in [0.29, 0.717) is 5.76 Å². The van der Waals surface area contributed by atoms with Gasteiger partial charge in [0.05, 0.1) is 10.6 Å². The molecule has 0 N–H and O–H groups in total. The maximum absolute atomic E-state index is 14.2. The molecule has 1 amide bonds. The van der Waals surface area contributed by atoms with E-state index in [0.717, 1.165) is 25.7 Å². The predicted molar refractivity (Wildman–Crippen MR) is 86.0 cm³/mol. The number of aromatic nitrogens is 1.